The van der Waals surface area contributed by atoms with Crippen LogP contribution in [-0.2, 0) is 9.47 Å². The molecule has 0 saturated carbocycles. The number of hydrogen-bond donors (Lipinski definition) is 3. The molecule has 0 aromatic rings. The van der Waals surface area contributed by atoms with Gasteiger partial charge in [-0.3, -0.25) is 0 Å². The van der Waals surface area contributed by atoms with Gasteiger partial charge in [-0.15, -0.1) is 0 Å². The van der Waals surface area contributed by atoms with E-state index in [1.807, 2.05) is 0 Å². The minimum absolute atomic E-state index is 0.534. The van der Waals surface area contributed by atoms with Crippen molar-refractivity contribution in [3.8, 4) is 0 Å². The van der Waals surface area contributed by atoms with Crippen molar-refractivity contribution in [1.82, 2.24) is 0 Å². The molecule has 0 aromatic heterocycles. The van der Waals surface area contributed by atoms with Crippen molar-refractivity contribution in [2.45, 2.75) is 37.6 Å². The Morgan fingerprint density at radius 1 is 1.08 bits per heavy atom. The van der Waals surface area contributed by atoms with Crippen LogP contribution in [0.5, 0.6) is 0 Å². The number of ether oxygens (including phenoxy) is 2. The maximum absolute atomic E-state index is 9.27. The highest BCUT2D eigenvalue weighted by Crippen LogP contribution is 2.20. The lowest BCUT2D eigenvalue weighted by Crippen LogP contribution is -2.57. The normalized spacial score (nSPS) is 49.2. The van der Waals surface area contributed by atoms with E-state index in [1.54, 1.807) is 6.92 Å². The highest BCUT2D eigenvalue weighted by Gasteiger charge is 2.41. The van der Waals surface area contributed by atoms with Gasteiger partial charge < -0.3 is 24.8 Å². The van der Waals surface area contributed by atoms with Gasteiger partial charge in [0.2, 0.25) is 0 Å². The van der Waals surface area contributed by atoms with E-state index in [0.29, 0.717) is 0 Å². The molecule has 0 aromatic carbocycles. The number of rotatable bonds is 1. The minimum atomic E-state index is -1.21. The van der Waals surface area contributed by atoms with Crippen molar-refractivity contribution in [2.24, 2.45) is 0 Å². The van der Waals surface area contributed by atoms with Gasteiger partial charge in [0, 0.05) is 7.11 Å². The number of aliphatic hydroxyl groups is 3. The maximum Gasteiger partial charge on any atom is 0.186 e. The van der Waals surface area contributed by atoms with E-state index >= 15 is 0 Å². The second-order valence-corrected chi connectivity index (χ2v) is 2.92. The van der Waals surface area contributed by atoms with Gasteiger partial charge in [-0.25, -0.2) is 0 Å². The van der Waals surface area contributed by atoms with Crippen molar-refractivity contribution in [3.05, 3.63) is 0 Å². The first kappa shape index (κ1) is 9.88. The molecule has 1 rings (SSSR count). The van der Waals surface area contributed by atoms with E-state index < -0.39 is 30.7 Å². The predicted molar refractivity (Wildman–Crippen MR) is 39.4 cm³/mol. The summed E-state index contributed by atoms with van der Waals surface area (Å²) in [5.74, 6) is 0. The largest absolute Gasteiger partial charge is 0.388 e. The molecule has 1 saturated heterocycles. The molecule has 5 heteroatoms. The molecule has 0 aliphatic carbocycles. The molecule has 5 atom stereocenters. The SMILES string of the molecule is CO[C@@H]1O[C@@H](C)[C@H](O)[C@H](O)[C@@H]1O. The second kappa shape index (κ2) is 3.68. The molecule has 1 heterocycles. The summed E-state index contributed by atoms with van der Waals surface area (Å²) in [6.45, 7) is 1.60. The van der Waals surface area contributed by atoms with Crippen LogP contribution < -0.4 is 0 Å². The molecular weight excluding hydrogens is 164 g/mol. The summed E-state index contributed by atoms with van der Waals surface area (Å²) in [5.41, 5.74) is 0. The summed E-state index contributed by atoms with van der Waals surface area (Å²) in [4.78, 5) is 0. The Labute approximate surface area is 70.5 Å². The number of aliphatic hydroxyl groups excluding tert-OH is 3. The Morgan fingerprint density at radius 3 is 2.17 bits per heavy atom. The molecule has 0 bridgehead atoms. The molecule has 1 aliphatic heterocycles. The third-order valence-electron chi connectivity index (χ3n) is 2.04. The van der Waals surface area contributed by atoms with Crippen LogP contribution in [0.4, 0.5) is 0 Å². The molecule has 0 amide bonds. The Balaban J connectivity index is 2.63. The molecule has 5 nitrogen and oxygen atoms in total. The van der Waals surface area contributed by atoms with E-state index in [9.17, 15) is 15.3 Å². The van der Waals surface area contributed by atoms with Gasteiger partial charge in [0.1, 0.15) is 18.3 Å². The monoisotopic (exact) mass is 178 g/mol. The fraction of sp³-hybridized carbons (Fsp3) is 1.00. The molecule has 3 N–H and O–H groups in total. The van der Waals surface area contributed by atoms with Gasteiger partial charge in [-0.2, -0.15) is 0 Å². The van der Waals surface area contributed by atoms with E-state index in [0.717, 1.165) is 0 Å². The summed E-state index contributed by atoms with van der Waals surface area (Å²) in [6, 6.07) is 0. The first-order valence-electron chi connectivity index (χ1n) is 3.80. The van der Waals surface area contributed by atoms with Gasteiger partial charge in [-0.1, -0.05) is 0 Å². The lowest BCUT2D eigenvalue weighted by atomic mass is 10.0. The summed E-state index contributed by atoms with van der Waals surface area (Å²) in [7, 11) is 1.37. The van der Waals surface area contributed by atoms with E-state index in [1.165, 1.54) is 7.11 Å². The minimum Gasteiger partial charge on any atom is -0.388 e. The third-order valence-corrected chi connectivity index (χ3v) is 2.04. The second-order valence-electron chi connectivity index (χ2n) is 2.92. The molecular formula is C7H14O5. The molecule has 0 spiro atoms. The van der Waals surface area contributed by atoms with Gasteiger partial charge in [-0.05, 0) is 6.92 Å². The van der Waals surface area contributed by atoms with Gasteiger partial charge in [0.25, 0.3) is 0 Å². The van der Waals surface area contributed by atoms with Crippen molar-refractivity contribution in [1.29, 1.82) is 0 Å². The first-order chi connectivity index (χ1) is 5.57. The number of methoxy groups -OCH3 is 1. The smallest absolute Gasteiger partial charge is 0.186 e. The predicted octanol–water partition coefficient (Wildman–Crippen LogP) is -1.54. The van der Waals surface area contributed by atoms with Crippen molar-refractivity contribution < 1.29 is 24.8 Å². The van der Waals surface area contributed by atoms with Gasteiger partial charge in [0.15, 0.2) is 6.29 Å². The zero-order valence-electron chi connectivity index (χ0n) is 7.04. The van der Waals surface area contributed by atoms with Crippen LogP contribution in [0.25, 0.3) is 0 Å². The van der Waals surface area contributed by atoms with Crippen molar-refractivity contribution >= 4 is 0 Å². The summed E-state index contributed by atoms with van der Waals surface area (Å²) in [5, 5.41) is 27.8. The molecule has 1 fully saturated rings. The highest BCUT2D eigenvalue weighted by molar-refractivity contribution is 4.86. The van der Waals surface area contributed by atoms with Crippen LogP contribution in [0.1, 0.15) is 6.92 Å². The average Bonchev–Trinajstić information content (AvgIpc) is 2.08. The highest BCUT2D eigenvalue weighted by atomic mass is 16.7. The average molecular weight is 178 g/mol. The molecule has 72 valence electrons. The first-order valence-corrected chi connectivity index (χ1v) is 3.80. The van der Waals surface area contributed by atoms with E-state index in [4.69, 9.17) is 9.47 Å². The quantitative estimate of drug-likeness (QED) is 0.453. The summed E-state index contributed by atoms with van der Waals surface area (Å²) >= 11 is 0. The Morgan fingerprint density at radius 2 is 1.67 bits per heavy atom. The third kappa shape index (κ3) is 1.60. The van der Waals surface area contributed by atoms with Crippen molar-refractivity contribution in [3.63, 3.8) is 0 Å². The van der Waals surface area contributed by atoms with Crippen LogP contribution in [0, 0.1) is 0 Å². The van der Waals surface area contributed by atoms with Gasteiger partial charge in [0.05, 0.1) is 6.10 Å². The Hall–Kier alpha value is -0.200. The molecule has 0 unspecified atom stereocenters. The zero-order chi connectivity index (χ0) is 9.30. The molecule has 12 heavy (non-hydrogen) atoms. The van der Waals surface area contributed by atoms with Crippen molar-refractivity contribution in [2.75, 3.05) is 7.11 Å². The molecule has 0 radical (unpaired) electrons. The fourth-order valence-corrected chi connectivity index (χ4v) is 1.21. The van der Waals surface area contributed by atoms with Crippen LogP contribution in [0.3, 0.4) is 0 Å². The van der Waals surface area contributed by atoms with Gasteiger partial charge >= 0.3 is 0 Å². The fourth-order valence-electron chi connectivity index (χ4n) is 1.21. The molecule has 1 aliphatic rings. The standard InChI is InChI=1S/C7H14O5/c1-3-4(8)5(9)6(10)7(11-2)12-3/h3-10H,1-2H3/t3-,4-,5-,6-,7+/m0/s1. The maximum atomic E-state index is 9.27. The summed E-state index contributed by atoms with van der Waals surface area (Å²) < 4.78 is 9.80. The topological polar surface area (TPSA) is 79.2 Å². The lowest BCUT2D eigenvalue weighted by Gasteiger charge is -2.38. The zero-order valence-corrected chi connectivity index (χ0v) is 7.04. The van der Waals surface area contributed by atoms with E-state index in [2.05, 4.69) is 0 Å². The Kier molecular flexibility index (Phi) is 3.03. The van der Waals surface area contributed by atoms with Crippen LogP contribution in [-0.4, -0.2) is 53.1 Å². The van der Waals surface area contributed by atoms with Crippen LogP contribution >= 0.6 is 0 Å². The van der Waals surface area contributed by atoms with Crippen LogP contribution in [0.15, 0.2) is 0 Å². The number of hydrogen-bond acceptors (Lipinski definition) is 5. The van der Waals surface area contributed by atoms with Crippen LogP contribution in [0.2, 0.25) is 0 Å². The van der Waals surface area contributed by atoms with E-state index in [-0.39, 0.29) is 0 Å². The Bertz CT molecular complexity index is 146. The lowest BCUT2D eigenvalue weighted by molar-refractivity contribution is -0.286. The summed E-state index contributed by atoms with van der Waals surface area (Å²) in [6.07, 6.45) is -4.86.